The van der Waals surface area contributed by atoms with E-state index in [1.54, 1.807) is 24.5 Å². The van der Waals surface area contributed by atoms with Crippen LogP contribution in [-0.2, 0) is 4.79 Å². The highest BCUT2D eigenvalue weighted by atomic mass is 16.2. The van der Waals surface area contributed by atoms with Gasteiger partial charge in [-0.2, -0.15) is 10.4 Å². The lowest BCUT2D eigenvalue weighted by molar-refractivity contribution is -0.134. The van der Waals surface area contributed by atoms with E-state index in [1.165, 1.54) is 0 Å². The minimum atomic E-state index is -0.291. The van der Waals surface area contributed by atoms with Crippen molar-refractivity contribution in [2.75, 3.05) is 25.0 Å². The second-order valence-electron chi connectivity index (χ2n) is 10.8. The Hall–Kier alpha value is -4.26. The van der Waals surface area contributed by atoms with Crippen molar-refractivity contribution in [2.24, 2.45) is 11.3 Å². The van der Waals surface area contributed by atoms with Crippen LogP contribution in [0.5, 0.6) is 0 Å². The zero-order valence-corrected chi connectivity index (χ0v) is 21.9. The Labute approximate surface area is 222 Å². The largest absolute Gasteiger partial charge is 0.342 e. The molecule has 1 saturated carbocycles. The maximum absolute atomic E-state index is 12.7. The van der Waals surface area contributed by atoms with E-state index in [0.717, 1.165) is 54.9 Å². The highest BCUT2D eigenvalue weighted by Crippen LogP contribution is 2.52. The number of likely N-dealkylation sites (tertiary alicyclic amines) is 1. The van der Waals surface area contributed by atoms with Gasteiger partial charge in [0, 0.05) is 42.5 Å². The monoisotopic (exact) mass is 512 g/mol. The Morgan fingerprint density at radius 2 is 1.87 bits per heavy atom. The Morgan fingerprint density at radius 1 is 1.16 bits per heavy atom. The van der Waals surface area contributed by atoms with Gasteiger partial charge in [-0.15, -0.1) is 0 Å². The van der Waals surface area contributed by atoms with E-state index >= 15 is 0 Å². The molecule has 1 aliphatic carbocycles. The first-order valence-electron chi connectivity index (χ1n) is 12.9. The van der Waals surface area contributed by atoms with Gasteiger partial charge in [-0.1, -0.05) is 26.0 Å². The Kier molecular flexibility index (Phi) is 6.85. The van der Waals surface area contributed by atoms with Gasteiger partial charge in [0.25, 0.3) is 5.91 Å². The number of aryl methyl sites for hydroxylation is 1. The molecule has 3 heterocycles. The first kappa shape index (κ1) is 25.4. The van der Waals surface area contributed by atoms with Crippen LogP contribution in [0.25, 0.3) is 11.3 Å². The third-order valence-electron chi connectivity index (χ3n) is 7.54. The topological polar surface area (TPSA) is 129 Å². The van der Waals surface area contributed by atoms with E-state index < -0.39 is 0 Å². The molecule has 1 saturated heterocycles. The summed E-state index contributed by atoms with van der Waals surface area (Å²) in [6.45, 7) is 7.76. The number of aromatic nitrogens is 4. The Morgan fingerprint density at radius 3 is 2.53 bits per heavy atom. The van der Waals surface area contributed by atoms with Crippen molar-refractivity contribution >= 4 is 23.5 Å². The number of rotatable bonds is 7. The molecule has 2 amide bonds. The van der Waals surface area contributed by atoms with E-state index in [9.17, 15) is 9.59 Å². The van der Waals surface area contributed by atoms with Crippen LogP contribution in [-0.4, -0.2) is 56.1 Å². The van der Waals surface area contributed by atoms with Crippen molar-refractivity contribution in [2.45, 2.75) is 46.1 Å². The summed E-state index contributed by atoms with van der Waals surface area (Å²) in [5, 5.41) is 19.0. The number of hydrogen-bond acceptors (Lipinski definition) is 7. The minimum Gasteiger partial charge on any atom is -0.342 e. The summed E-state index contributed by atoms with van der Waals surface area (Å²) in [7, 11) is 0. The quantitative estimate of drug-likeness (QED) is 0.460. The molecule has 1 aliphatic heterocycles. The lowest BCUT2D eigenvalue weighted by atomic mass is 10.0. The highest BCUT2D eigenvalue weighted by molar-refractivity contribution is 5.94. The fourth-order valence-corrected chi connectivity index (χ4v) is 4.99. The maximum Gasteiger partial charge on any atom is 0.252 e. The summed E-state index contributed by atoms with van der Waals surface area (Å²) in [4.78, 5) is 35.9. The number of benzene rings is 1. The van der Waals surface area contributed by atoms with E-state index in [4.69, 9.17) is 10.2 Å². The molecule has 10 nitrogen and oxygen atoms in total. The molecule has 10 heteroatoms. The third kappa shape index (κ3) is 5.37. The second kappa shape index (κ2) is 10.2. The van der Waals surface area contributed by atoms with Crippen LogP contribution in [0, 0.1) is 29.6 Å². The van der Waals surface area contributed by atoms with E-state index in [1.807, 2.05) is 40.9 Å². The summed E-state index contributed by atoms with van der Waals surface area (Å²) in [5.41, 5.74) is 3.96. The van der Waals surface area contributed by atoms with Crippen LogP contribution in [0.1, 0.15) is 55.1 Å². The lowest BCUT2D eigenvalue weighted by Gasteiger charge is -2.32. The van der Waals surface area contributed by atoms with Crippen molar-refractivity contribution in [1.29, 1.82) is 5.26 Å². The molecule has 2 fully saturated rings. The van der Waals surface area contributed by atoms with Gasteiger partial charge in [0.2, 0.25) is 11.9 Å². The van der Waals surface area contributed by atoms with E-state index in [-0.39, 0.29) is 29.8 Å². The molecule has 196 valence electrons. The van der Waals surface area contributed by atoms with Crippen molar-refractivity contribution < 1.29 is 9.59 Å². The minimum absolute atomic E-state index is 0.0327. The number of carbonyl (C=O) groups is 2. The molecular weight excluding hydrogens is 480 g/mol. The normalized spacial score (nSPS) is 18.5. The van der Waals surface area contributed by atoms with Gasteiger partial charge in [0.1, 0.15) is 6.54 Å². The number of piperidine rings is 1. The fraction of sp³-hybridized carbons (Fsp3) is 0.429. The van der Waals surface area contributed by atoms with Crippen molar-refractivity contribution in [3.05, 3.63) is 54.0 Å². The average Bonchev–Trinajstić information content (AvgIpc) is 3.32. The predicted molar refractivity (Wildman–Crippen MR) is 142 cm³/mol. The number of anilines is 2. The van der Waals surface area contributed by atoms with Crippen LogP contribution >= 0.6 is 0 Å². The average molecular weight is 513 g/mol. The molecule has 2 aliphatic rings. The molecule has 0 bridgehead atoms. The summed E-state index contributed by atoms with van der Waals surface area (Å²) < 4.78 is 1.97. The van der Waals surface area contributed by atoms with Gasteiger partial charge in [0.05, 0.1) is 29.7 Å². The molecule has 2 N–H and O–H groups in total. The molecule has 0 radical (unpaired) electrons. The van der Waals surface area contributed by atoms with E-state index in [0.29, 0.717) is 17.4 Å². The molecule has 2 aromatic heterocycles. The lowest BCUT2D eigenvalue weighted by Crippen LogP contribution is -2.40. The molecular formula is C28H32N8O2. The van der Waals surface area contributed by atoms with Gasteiger partial charge in [-0.05, 0) is 49.3 Å². The first-order chi connectivity index (χ1) is 18.2. The molecule has 0 unspecified atom stereocenters. The summed E-state index contributed by atoms with van der Waals surface area (Å²) in [6, 6.07) is 9.24. The highest BCUT2D eigenvalue weighted by Gasteiger charge is 2.52. The smallest absolute Gasteiger partial charge is 0.252 e. The summed E-state index contributed by atoms with van der Waals surface area (Å²) in [6.07, 6.45) is 8.25. The number of nitrogens with one attached hydrogen (secondary N) is 2. The van der Waals surface area contributed by atoms with Crippen LogP contribution < -0.4 is 10.6 Å². The molecule has 1 atom stereocenters. The van der Waals surface area contributed by atoms with Crippen molar-refractivity contribution in [3.8, 4) is 17.3 Å². The Bertz CT molecular complexity index is 1380. The first-order valence-corrected chi connectivity index (χ1v) is 12.9. The zero-order chi connectivity index (χ0) is 26.9. The van der Waals surface area contributed by atoms with Crippen molar-refractivity contribution in [1.82, 2.24) is 30.0 Å². The van der Waals surface area contributed by atoms with Gasteiger partial charge in [0.15, 0.2) is 0 Å². The van der Waals surface area contributed by atoms with Crippen molar-refractivity contribution in [3.63, 3.8) is 0 Å². The van der Waals surface area contributed by atoms with Gasteiger partial charge in [-0.25, -0.2) is 9.97 Å². The Balaban J connectivity index is 1.21. The number of amides is 2. The maximum atomic E-state index is 12.7. The van der Waals surface area contributed by atoms with Crippen LogP contribution in [0.4, 0.5) is 11.6 Å². The SMILES string of the molecule is Cc1cnc(Nc2cnn(C3CCN(C(=O)[C@H]4CC4(C)C)CC3)c2)nc1-c1ccc(C(=O)NCC#N)cc1. The van der Waals surface area contributed by atoms with Gasteiger partial charge >= 0.3 is 0 Å². The number of nitrogens with zero attached hydrogens (tertiary/aromatic N) is 6. The number of hydrogen-bond donors (Lipinski definition) is 2. The fourth-order valence-electron chi connectivity index (χ4n) is 4.99. The van der Waals surface area contributed by atoms with Gasteiger partial charge in [-0.3, -0.25) is 14.3 Å². The van der Waals surface area contributed by atoms with Crippen LogP contribution in [0.2, 0.25) is 0 Å². The van der Waals surface area contributed by atoms with Gasteiger partial charge < -0.3 is 15.5 Å². The molecule has 3 aromatic rings. The van der Waals surface area contributed by atoms with E-state index in [2.05, 4.69) is 34.6 Å². The number of nitriles is 1. The summed E-state index contributed by atoms with van der Waals surface area (Å²) in [5.74, 6) is 0.653. The predicted octanol–water partition coefficient (Wildman–Crippen LogP) is 3.86. The molecule has 0 spiro atoms. The van der Waals surface area contributed by atoms with Crippen LogP contribution in [0.3, 0.4) is 0 Å². The molecule has 1 aromatic carbocycles. The van der Waals surface area contributed by atoms with Crippen LogP contribution in [0.15, 0.2) is 42.9 Å². The molecule has 5 rings (SSSR count). The summed E-state index contributed by atoms with van der Waals surface area (Å²) >= 11 is 0. The standard InChI is InChI=1S/C28H32N8O2/c1-18-15-31-27(34-24(18)19-4-6-20(7-5-19)25(37)30-11-10-29)33-21-16-32-36(17-21)22-8-12-35(13-9-22)26(38)23-14-28(23,2)3/h4-7,15-17,22-23H,8-9,11-14H2,1-3H3,(H,30,37)(H,31,33,34)/t23-/m1/s1. The zero-order valence-electron chi connectivity index (χ0n) is 21.9. The molecule has 38 heavy (non-hydrogen) atoms. The second-order valence-corrected chi connectivity index (χ2v) is 10.8. The third-order valence-corrected chi connectivity index (χ3v) is 7.54. The number of carbonyl (C=O) groups excluding carboxylic acids is 2.